The predicted molar refractivity (Wildman–Crippen MR) is 126 cm³/mol. The molecular weight excluding hydrogens is 452 g/mol. The Kier molecular flexibility index (Phi) is 5.55. The van der Waals surface area contributed by atoms with Gasteiger partial charge in [0.1, 0.15) is 5.69 Å². The van der Waals surface area contributed by atoms with Crippen molar-refractivity contribution in [2.75, 3.05) is 18.4 Å². The number of anilines is 1. The van der Waals surface area contributed by atoms with E-state index in [9.17, 15) is 18.0 Å². The highest BCUT2D eigenvalue weighted by atomic mass is 32.2. The van der Waals surface area contributed by atoms with E-state index in [1.54, 1.807) is 59.2 Å². The largest absolute Gasteiger partial charge is 0.317 e. The van der Waals surface area contributed by atoms with Crippen LogP contribution in [0.25, 0.3) is 0 Å². The van der Waals surface area contributed by atoms with E-state index < -0.39 is 15.9 Å². The molecule has 1 fully saturated rings. The predicted octanol–water partition coefficient (Wildman–Crippen LogP) is 2.78. The fraction of sp³-hybridized carbons (Fsp3) is 0.240. The number of nitriles is 1. The molecule has 8 nitrogen and oxygen atoms in total. The molecular formula is C25H22N4O4S. The van der Waals surface area contributed by atoms with Crippen LogP contribution in [0.5, 0.6) is 0 Å². The van der Waals surface area contributed by atoms with E-state index in [1.165, 1.54) is 16.4 Å². The molecule has 1 N–H and O–H groups in total. The number of hydrogen-bond acceptors (Lipinski definition) is 5. The van der Waals surface area contributed by atoms with E-state index >= 15 is 0 Å². The summed E-state index contributed by atoms with van der Waals surface area (Å²) in [5.41, 5.74) is 1.45. The van der Waals surface area contributed by atoms with Gasteiger partial charge in [-0.15, -0.1) is 0 Å². The molecule has 0 aliphatic carbocycles. The lowest BCUT2D eigenvalue weighted by atomic mass is 9.84. The molecule has 1 aromatic heterocycles. The number of sulfonamides is 1. The zero-order valence-electron chi connectivity index (χ0n) is 18.2. The molecule has 2 aromatic carbocycles. The van der Waals surface area contributed by atoms with Gasteiger partial charge in [0.25, 0.3) is 11.5 Å². The third kappa shape index (κ3) is 3.91. The van der Waals surface area contributed by atoms with Gasteiger partial charge >= 0.3 is 0 Å². The Bertz CT molecular complexity index is 1460. The van der Waals surface area contributed by atoms with Crippen LogP contribution in [0.3, 0.4) is 0 Å². The van der Waals surface area contributed by atoms with E-state index in [-0.39, 0.29) is 28.0 Å². The Morgan fingerprint density at radius 1 is 0.971 bits per heavy atom. The smallest absolute Gasteiger partial charge is 0.274 e. The highest BCUT2D eigenvalue weighted by molar-refractivity contribution is 7.89. The highest BCUT2D eigenvalue weighted by Crippen LogP contribution is 2.37. The van der Waals surface area contributed by atoms with Crippen molar-refractivity contribution in [3.8, 4) is 6.07 Å². The van der Waals surface area contributed by atoms with Gasteiger partial charge in [0.2, 0.25) is 10.0 Å². The topological polar surface area (TPSA) is 112 Å². The molecule has 5 rings (SSSR count). The molecule has 9 heteroatoms. The van der Waals surface area contributed by atoms with Gasteiger partial charge < -0.3 is 9.88 Å². The number of piperidine rings is 1. The van der Waals surface area contributed by atoms with E-state index in [0.29, 0.717) is 30.8 Å². The minimum atomic E-state index is -3.61. The molecule has 3 heterocycles. The molecule has 1 amide bonds. The van der Waals surface area contributed by atoms with Crippen LogP contribution in [-0.2, 0) is 16.6 Å². The van der Waals surface area contributed by atoms with Crippen molar-refractivity contribution >= 4 is 21.6 Å². The Balaban J connectivity index is 1.39. The van der Waals surface area contributed by atoms with Gasteiger partial charge in [-0.3, -0.25) is 9.59 Å². The second-order valence-corrected chi connectivity index (χ2v) is 10.6. The normalized spacial score (nSPS) is 19.6. The van der Waals surface area contributed by atoms with Crippen LogP contribution in [0.4, 0.5) is 5.69 Å². The fourth-order valence-electron chi connectivity index (χ4n) is 4.83. The van der Waals surface area contributed by atoms with Crippen molar-refractivity contribution in [3.05, 3.63) is 93.9 Å². The Morgan fingerprint density at radius 3 is 2.41 bits per heavy atom. The van der Waals surface area contributed by atoms with Crippen LogP contribution in [0.15, 0.2) is 76.4 Å². The van der Waals surface area contributed by atoms with Crippen molar-refractivity contribution in [3.63, 3.8) is 0 Å². The molecule has 0 radical (unpaired) electrons. The van der Waals surface area contributed by atoms with E-state index in [1.807, 2.05) is 6.07 Å². The van der Waals surface area contributed by atoms with Gasteiger partial charge in [-0.25, -0.2) is 8.42 Å². The summed E-state index contributed by atoms with van der Waals surface area (Å²) in [7, 11) is -3.61. The minimum absolute atomic E-state index is 0.00640. The van der Waals surface area contributed by atoms with Crippen molar-refractivity contribution in [2.45, 2.75) is 23.8 Å². The summed E-state index contributed by atoms with van der Waals surface area (Å²) < 4.78 is 29.5. The first-order valence-corrected chi connectivity index (χ1v) is 12.4. The number of fused-ring (bicyclic) bond motifs is 4. The molecule has 0 saturated carbocycles. The van der Waals surface area contributed by atoms with E-state index in [0.717, 1.165) is 12.1 Å². The van der Waals surface area contributed by atoms with Crippen LogP contribution in [0, 0.1) is 17.2 Å². The summed E-state index contributed by atoms with van der Waals surface area (Å²) in [6.07, 6.45) is 0.817. The lowest BCUT2D eigenvalue weighted by molar-refractivity contribution is 0.102. The maximum atomic E-state index is 13.2. The van der Waals surface area contributed by atoms with Crippen LogP contribution in [-0.4, -0.2) is 36.3 Å². The van der Waals surface area contributed by atoms with Gasteiger partial charge in [0.05, 0.1) is 16.5 Å². The zero-order chi connectivity index (χ0) is 23.9. The van der Waals surface area contributed by atoms with Gasteiger partial charge in [-0.1, -0.05) is 18.2 Å². The fourth-order valence-corrected chi connectivity index (χ4v) is 6.41. The standard InChI is InChI=1S/C25H22N4O4S/c26-13-17-6-8-19(9-7-17)24(30)27-22-10-11-23-20-12-18(15-29(23)25(22)31)14-28(16-20)34(32,33)21-4-2-1-3-5-21/h1-11,18,20H,12,14-16H2,(H,27,30)/t18-,20-/m1/s1. The molecule has 1 saturated heterocycles. The summed E-state index contributed by atoms with van der Waals surface area (Å²) >= 11 is 0. The van der Waals surface area contributed by atoms with Gasteiger partial charge in [-0.2, -0.15) is 9.57 Å². The number of nitrogens with zero attached hydrogens (tertiary/aromatic N) is 3. The van der Waals surface area contributed by atoms with Crippen LogP contribution in [0.2, 0.25) is 0 Å². The summed E-state index contributed by atoms with van der Waals surface area (Å²) in [4.78, 5) is 26.1. The summed E-state index contributed by atoms with van der Waals surface area (Å²) in [5.74, 6) is -0.521. The third-order valence-corrected chi connectivity index (χ3v) is 8.32. The maximum absolute atomic E-state index is 13.2. The molecule has 0 unspecified atom stereocenters. The Labute approximate surface area is 197 Å². The molecule has 2 bridgehead atoms. The molecule has 34 heavy (non-hydrogen) atoms. The van der Waals surface area contributed by atoms with E-state index in [4.69, 9.17) is 5.26 Å². The maximum Gasteiger partial charge on any atom is 0.274 e. The molecule has 2 aliphatic heterocycles. The lowest BCUT2D eigenvalue weighted by Gasteiger charge is -2.42. The monoisotopic (exact) mass is 474 g/mol. The summed E-state index contributed by atoms with van der Waals surface area (Å²) in [6, 6.07) is 20.0. The molecule has 2 atom stereocenters. The van der Waals surface area contributed by atoms with Gasteiger partial charge in [0, 0.05) is 36.8 Å². The van der Waals surface area contributed by atoms with Crippen molar-refractivity contribution < 1.29 is 13.2 Å². The third-order valence-electron chi connectivity index (χ3n) is 6.48. The molecule has 0 spiro atoms. The number of hydrogen-bond donors (Lipinski definition) is 1. The molecule has 2 aliphatic rings. The number of carbonyl (C=O) groups is 1. The minimum Gasteiger partial charge on any atom is -0.317 e. The number of aromatic nitrogens is 1. The number of amides is 1. The van der Waals surface area contributed by atoms with Crippen molar-refractivity contribution in [1.29, 1.82) is 5.26 Å². The second kappa shape index (κ2) is 8.56. The van der Waals surface area contributed by atoms with E-state index in [2.05, 4.69) is 5.32 Å². The SMILES string of the molecule is N#Cc1ccc(C(=O)Nc2ccc3n(c2=O)C[C@@H]2C[C@@H]3CN(S(=O)(=O)c3ccccc3)C2)cc1. The zero-order valence-corrected chi connectivity index (χ0v) is 19.0. The van der Waals surface area contributed by atoms with Crippen LogP contribution < -0.4 is 10.9 Å². The Morgan fingerprint density at radius 2 is 1.71 bits per heavy atom. The molecule has 3 aromatic rings. The number of carbonyl (C=O) groups excluding carboxylic acids is 1. The average molecular weight is 475 g/mol. The van der Waals surface area contributed by atoms with Crippen molar-refractivity contribution in [2.24, 2.45) is 5.92 Å². The second-order valence-electron chi connectivity index (χ2n) is 8.66. The summed E-state index contributed by atoms with van der Waals surface area (Å²) in [6.45, 7) is 1.05. The van der Waals surface area contributed by atoms with Crippen LogP contribution in [0.1, 0.15) is 34.0 Å². The summed E-state index contributed by atoms with van der Waals surface area (Å²) in [5, 5.41) is 11.6. The van der Waals surface area contributed by atoms with Gasteiger partial charge in [-0.05, 0) is 60.9 Å². The highest BCUT2D eigenvalue weighted by Gasteiger charge is 2.39. The first-order valence-electron chi connectivity index (χ1n) is 11.0. The molecule has 172 valence electrons. The number of nitrogens with one attached hydrogen (secondary N) is 1. The lowest BCUT2D eigenvalue weighted by Crippen LogP contribution is -2.49. The number of pyridine rings is 1. The van der Waals surface area contributed by atoms with Gasteiger partial charge in [0.15, 0.2) is 0 Å². The van der Waals surface area contributed by atoms with Crippen LogP contribution >= 0.6 is 0 Å². The van der Waals surface area contributed by atoms with Crippen molar-refractivity contribution in [1.82, 2.24) is 8.87 Å². The number of benzene rings is 2. The quantitative estimate of drug-likeness (QED) is 0.625. The average Bonchev–Trinajstić information content (AvgIpc) is 2.86. The first-order chi connectivity index (χ1) is 16.4. The number of rotatable bonds is 4. The Hall–Kier alpha value is -3.74. The first kappa shape index (κ1) is 22.1.